The number of thiophene rings is 1. The summed E-state index contributed by atoms with van der Waals surface area (Å²) in [6, 6.07) is 4.04. The molecule has 19 heavy (non-hydrogen) atoms. The zero-order valence-corrected chi connectivity index (χ0v) is 11.3. The Labute approximate surface area is 118 Å². The summed E-state index contributed by atoms with van der Waals surface area (Å²) in [7, 11) is 0. The third kappa shape index (κ3) is 2.88. The second kappa shape index (κ2) is 5.33. The highest BCUT2D eigenvalue weighted by Crippen LogP contribution is 2.13. The predicted molar refractivity (Wildman–Crippen MR) is 73.6 cm³/mol. The van der Waals surface area contributed by atoms with Crippen LogP contribution < -0.4 is 5.32 Å². The number of nitrogens with zero attached hydrogens (tertiary/aromatic N) is 5. The zero-order chi connectivity index (χ0) is 13.1. The molecule has 0 aromatic carbocycles. The number of halogens is 1. The summed E-state index contributed by atoms with van der Waals surface area (Å²) in [5.74, 6) is 0.878. The van der Waals surface area contributed by atoms with Crippen LogP contribution in [-0.2, 0) is 6.54 Å². The fourth-order valence-corrected chi connectivity index (χ4v) is 2.29. The van der Waals surface area contributed by atoms with Gasteiger partial charge in [-0.15, -0.1) is 11.3 Å². The van der Waals surface area contributed by atoms with Crippen molar-refractivity contribution in [3.63, 3.8) is 0 Å². The van der Waals surface area contributed by atoms with E-state index in [1.165, 1.54) is 4.88 Å². The van der Waals surface area contributed by atoms with Crippen molar-refractivity contribution in [3.05, 3.63) is 46.4 Å². The first kappa shape index (κ1) is 12.1. The summed E-state index contributed by atoms with van der Waals surface area (Å²) < 4.78 is 1.67. The van der Waals surface area contributed by atoms with E-state index in [0.29, 0.717) is 18.4 Å². The minimum absolute atomic E-state index is 0.146. The predicted octanol–water partition coefficient (Wildman–Crippen LogP) is 2.38. The number of hydrogen-bond donors (Lipinski definition) is 1. The Hall–Kier alpha value is -1.99. The van der Waals surface area contributed by atoms with Crippen molar-refractivity contribution >= 4 is 28.9 Å². The summed E-state index contributed by atoms with van der Waals surface area (Å²) in [6.07, 6.45) is 5.00. The number of nitrogens with one attached hydrogen (secondary N) is 1. The van der Waals surface area contributed by atoms with Crippen LogP contribution in [0.15, 0.2) is 36.2 Å². The molecule has 96 valence electrons. The van der Waals surface area contributed by atoms with Crippen LogP contribution in [0.4, 0.5) is 5.95 Å². The van der Waals surface area contributed by atoms with Crippen molar-refractivity contribution in [3.8, 4) is 5.95 Å². The molecule has 0 aliphatic rings. The number of aromatic nitrogens is 5. The molecule has 0 saturated carbocycles. The molecule has 0 spiro atoms. The Morgan fingerprint density at radius 3 is 3.00 bits per heavy atom. The average molecular weight is 293 g/mol. The topological polar surface area (TPSA) is 68.5 Å². The Kier molecular flexibility index (Phi) is 3.39. The molecule has 0 unspecified atom stereocenters. The second-order valence-electron chi connectivity index (χ2n) is 3.63. The van der Waals surface area contributed by atoms with Crippen LogP contribution in [0.5, 0.6) is 0 Å². The van der Waals surface area contributed by atoms with Crippen LogP contribution in [-0.4, -0.2) is 24.5 Å². The van der Waals surface area contributed by atoms with Gasteiger partial charge in [-0.1, -0.05) is 6.07 Å². The van der Waals surface area contributed by atoms with Crippen LogP contribution in [0.2, 0.25) is 5.28 Å². The van der Waals surface area contributed by atoms with Crippen LogP contribution in [0.25, 0.3) is 5.95 Å². The van der Waals surface area contributed by atoms with Gasteiger partial charge in [0.05, 0.1) is 6.54 Å². The number of hydrogen-bond acceptors (Lipinski definition) is 6. The van der Waals surface area contributed by atoms with Crippen molar-refractivity contribution in [2.24, 2.45) is 0 Å². The molecular formula is C11H9ClN6S. The Bertz CT molecular complexity index is 652. The maximum absolute atomic E-state index is 5.89. The van der Waals surface area contributed by atoms with E-state index in [9.17, 15) is 0 Å². The van der Waals surface area contributed by atoms with Crippen LogP contribution in [0.1, 0.15) is 4.88 Å². The molecule has 0 aliphatic carbocycles. The lowest BCUT2D eigenvalue weighted by Crippen LogP contribution is -2.07. The first-order valence-electron chi connectivity index (χ1n) is 5.47. The van der Waals surface area contributed by atoms with Gasteiger partial charge in [-0.25, -0.2) is 4.98 Å². The largest absolute Gasteiger partial charge is 0.349 e. The maximum Gasteiger partial charge on any atom is 0.241 e. The van der Waals surface area contributed by atoms with E-state index in [-0.39, 0.29) is 5.28 Å². The molecule has 0 saturated heterocycles. The van der Waals surface area contributed by atoms with Gasteiger partial charge >= 0.3 is 0 Å². The molecule has 3 aromatic rings. The lowest BCUT2D eigenvalue weighted by atomic mass is 10.5. The van der Waals surface area contributed by atoms with Gasteiger partial charge in [0.25, 0.3) is 0 Å². The van der Waals surface area contributed by atoms with Crippen molar-refractivity contribution in [1.82, 2.24) is 24.5 Å². The van der Waals surface area contributed by atoms with Crippen molar-refractivity contribution in [1.29, 1.82) is 0 Å². The molecule has 0 radical (unpaired) electrons. The summed E-state index contributed by atoms with van der Waals surface area (Å²) in [4.78, 5) is 17.5. The Morgan fingerprint density at radius 2 is 2.26 bits per heavy atom. The van der Waals surface area contributed by atoms with Gasteiger partial charge < -0.3 is 5.32 Å². The van der Waals surface area contributed by atoms with Gasteiger partial charge in [-0.2, -0.15) is 15.0 Å². The van der Waals surface area contributed by atoms with E-state index in [1.54, 1.807) is 34.6 Å². The number of anilines is 1. The minimum atomic E-state index is 0.146. The third-order valence-corrected chi connectivity index (χ3v) is 3.38. The highest BCUT2D eigenvalue weighted by molar-refractivity contribution is 7.09. The molecule has 8 heteroatoms. The fraction of sp³-hybridized carbons (Fsp3) is 0.0909. The molecule has 3 aromatic heterocycles. The van der Waals surface area contributed by atoms with Crippen molar-refractivity contribution < 1.29 is 0 Å². The first-order chi connectivity index (χ1) is 9.31. The minimum Gasteiger partial charge on any atom is -0.349 e. The number of rotatable bonds is 4. The quantitative estimate of drug-likeness (QED) is 0.799. The van der Waals surface area contributed by atoms with E-state index in [4.69, 9.17) is 11.6 Å². The molecule has 1 N–H and O–H groups in total. The smallest absolute Gasteiger partial charge is 0.241 e. The van der Waals surface area contributed by atoms with Crippen LogP contribution in [0.3, 0.4) is 0 Å². The monoisotopic (exact) mass is 292 g/mol. The van der Waals surface area contributed by atoms with Gasteiger partial charge in [0.1, 0.15) is 6.33 Å². The van der Waals surface area contributed by atoms with Gasteiger partial charge in [-0.05, 0) is 23.0 Å². The third-order valence-electron chi connectivity index (χ3n) is 2.33. The molecule has 0 aliphatic heterocycles. The lowest BCUT2D eigenvalue weighted by molar-refractivity contribution is 0.890. The highest BCUT2D eigenvalue weighted by Gasteiger charge is 2.06. The van der Waals surface area contributed by atoms with E-state index >= 15 is 0 Å². The second-order valence-corrected chi connectivity index (χ2v) is 5.00. The van der Waals surface area contributed by atoms with Gasteiger partial charge in [-0.3, -0.25) is 4.57 Å². The molecule has 0 bridgehead atoms. The standard InChI is InChI=1S/C11H9ClN6S/c12-9-15-10(14-6-8-2-1-5-19-8)17-11(16-9)18-4-3-13-7-18/h1-5,7H,6H2,(H,14,15,16,17). The zero-order valence-electron chi connectivity index (χ0n) is 9.69. The molecular weight excluding hydrogens is 284 g/mol. The summed E-state index contributed by atoms with van der Waals surface area (Å²) in [5, 5.41) is 5.29. The van der Waals surface area contributed by atoms with E-state index in [2.05, 4.69) is 25.3 Å². The Morgan fingerprint density at radius 1 is 1.32 bits per heavy atom. The van der Waals surface area contributed by atoms with Crippen LogP contribution >= 0.6 is 22.9 Å². The average Bonchev–Trinajstić information content (AvgIpc) is 3.09. The van der Waals surface area contributed by atoms with Gasteiger partial charge in [0, 0.05) is 17.3 Å². The summed E-state index contributed by atoms with van der Waals surface area (Å²) in [5.41, 5.74) is 0. The molecule has 6 nitrogen and oxygen atoms in total. The molecule has 3 heterocycles. The molecule has 3 rings (SSSR count). The first-order valence-corrected chi connectivity index (χ1v) is 6.73. The summed E-state index contributed by atoms with van der Waals surface area (Å²) in [6.45, 7) is 0.654. The SMILES string of the molecule is Clc1nc(NCc2cccs2)nc(-n2ccnc2)n1. The lowest BCUT2D eigenvalue weighted by Gasteiger charge is -2.05. The van der Waals surface area contributed by atoms with Crippen molar-refractivity contribution in [2.75, 3.05) is 5.32 Å². The van der Waals surface area contributed by atoms with E-state index in [0.717, 1.165) is 0 Å². The fourth-order valence-electron chi connectivity index (χ4n) is 1.49. The molecule has 0 amide bonds. The van der Waals surface area contributed by atoms with Crippen molar-refractivity contribution in [2.45, 2.75) is 6.54 Å². The maximum atomic E-state index is 5.89. The van der Waals surface area contributed by atoms with Gasteiger partial charge in [0.15, 0.2) is 0 Å². The van der Waals surface area contributed by atoms with E-state index < -0.39 is 0 Å². The Balaban J connectivity index is 1.82. The molecule has 0 fully saturated rings. The van der Waals surface area contributed by atoms with Crippen LogP contribution in [0, 0.1) is 0 Å². The highest BCUT2D eigenvalue weighted by atomic mass is 35.5. The van der Waals surface area contributed by atoms with Gasteiger partial charge in [0.2, 0.25) is 17.2 Å². The number of imidazole rings is 1. The summed E-state index contributed by atoms with van der Waals surface area (Å²) >= 11 is 7.56. The molecule has 0 atom stereocenters. The normalized spacial score (nSPS) is 10.6. The van der Waals surface area contributed by atoms with E-state index in [1.807, 2.05) is 17.5 Å².